The first-order valence-corrected chi connectivity index (χ1v) is 5.20. The van der Waals surface area contributed by atoms with Gasteiger partial charge in [-0.3, -0.25) is 4.57 Å². The maximum absolute atomic E-state index is 5.71. The van der Waals surface area contributed by atoms with Crippen LogP contribution in [0.2, 0.25) is 0 Å². The number of rotatable bonds is 1. The molecule has 2 heterocycles. The van der Waals surface area contributed by atoms with E-state index >= 15 is 0 Å². The second-order valence-corrected chi connectivity index (χ2v) is 4.12. The predicted octanol–water partition coefficient (Wildman–Crippen LogP) is 1.51. The largest absolute Gasteiger partial charge is 0.382 e. The zero-order valence-corrected chi connectivity index (χ0v) is 8.90. The van der Waals surface area contributed by atoms with Crippen LogP contribution in [0.3, 0.4) is 0 Å². The van der Waals surface area contributed by atoms with Gasteiger partial charge in [0, 0.05) is 6.04 Å². The minimum Gasteiger partial charge on any atom is -0.382 e. The van der Waals surface area contributed by atoms with Crippen molar-refractivity contribution in [3.05, 3.63) is 11.1 Å². The van der Waals surface area contributed by atoms with Crippen molar-refractivity contribution in [2.75, 3.05) is 5.73 Å². The van der Waals surface area contributed by atoms with Gasteiger partial charge in [0.2, 0.25) is 0 Å². The number of nitrogens with zero attached hydrogens (tertiary/aromatic N) is 4. The van der Waals surface area contributed by atoms with Crippen LogP contribution < -0.4 is 5.73 Å². The van der Waals surface area contributed by atoms with Crippen LogP contribution in [0.25, 0.3) is 11.2 Å². The molecule has 1 fully saturated rings. The highest BCUT2D eigenvalue weighted by molar-refractivity contribution is 9.10. The van der Waals surface area contributed by atoms with Gasteiger partial charge in [-0.05, 0) is 28.8 Å². The molecule has 0 bridgehead atoms. The lowest BCUT2D eigenvalue weighted by Crippen LogP contribution is -1.97. The van der Waals surface area contributed by atoms with Crippen LogP contribution in [-0.4, -0.2) is 19.5 Å². The molecule has 0 radical (unpaired) electrons. The summed E-state index contributed by atoms with van der Waals surface area (Å²) in [5.41, 5.74) is 7.22. The zero-order valence-electron chi connectivity index (χ0n) is 7.31. The van der Waals surface area contributed by atoms with E-state index in [2.05, 4.69) is 35.4 Å². The first-order valence-electron chi connectivity index (χ1n) is 4.41. The molecule has 0 amide bonds. The molecule has 0 saturated heterocycles. The van der Waals surface area contributed by atoms with E-state index < -0.39 is 0 Å². The summed E-state index contributed by atoms with van der Waals surface area (Å²) in [5, 5.41) is 0. The summed E-state index contributed by atoms with van der Waals surface area (Å²) in [7, 11) is 0. The molecule has 1 saturated carbocycles. The SMILES string of the molecule is Nc1ncnc2c1nc(Br)n2C1CC1. The van der Waals surface area contributed by atoms with Crippen molar-refractivity contribution >= 4 is 32.9 Å². The molecule has 0 spiro atoms. The number of anilines is 1. The summed E-state index contributed by atoms with van der Waals surface area (Å²) >= 11 is 3.41. The molecule has 14 heavy (non-hydrogen) atoms. The Morgan fingerprint density at radius 2 is 2.21 bits per heavy atom. The normalized spacial score (nSPS) is 16.4. The topological polar surface area (TPSA) is 69.6 Å². The van der Waals surface area contributed by atoms with E-state index in [9.17, 15) is 0 Å². The molecule has 0 unspecified atom stereocenters. The third-order valence-electron chi connectivity index (χ3n) is 2.37. The molecule has 0 aliphatic heterocycles. The fraction of sp³-hybridized carbons (Fsp3) is 0.375. The van der Waals surface area contributed by atoms with E-state index in [1.54, 1.807) is 0 Å². The summed E-state index contributed by atoms with van der Waals surface area (Å²) in [6.07, 6.45) is 3.85. The number of aromatic nitrogens is 4. The molecule has 72 valence electrons. The molecular weight excluding hydrogens is 246 g/mol. The van der Waals surface area contributed by atoms with Gasteiger partial charge >= 0.3 is 0 Å². The molecule has 1 aliphatic rings. The third kappa shape index (κ3) is 1.03. The van der Waals surface area contributed by atoms with Crippen LogP contribution in [0.5, 0.6) is 0 Å². The lowest BCUT2D eigenvalue weighted by molar-refractivity contribution is 0.736. The summed E-state index contributed by atoms with van der Waals surface area (Å²) in [6, 6.07) is 0.531. The highest BCUT2D eigenvalue weighted by atomic mass is 79.9. The highest BCUT2D eigenvalue weighted by Gasteiger charge is 2.28. The molecule has 1 aliphatic carbocycles. The van der Waals surface area contributed by atoms with Gasteiger partial charge in [-0.15, -0.1) is 0 Å². The van der Waals surface area contributed by atoms with Gasteiger partial charge in [-0.1, -0.05) is 0 Å². The number of halogens is 1. The Balaban J connectivity index is 2.37. The number of hydrogen-bond acceptors (Lipinski definition) is 4. The predicted molar refractivity (Wildman–Crippen MR) is 55.7 cm³/mol. The highest BCUT2D eigenvalue weighted by Crippen LogP contribution is 2.39. The van der Waals surface area contributed by atoms with E-state index in [4.69, 9.17) is 5.73 Å². The van der Waals surface area contributed by atoms with E-state index in [1.165, 1.54) is 19.2 Å². The van der Waals surface area contributed by atoms with Crippen molar-refractivity contribution in [2.45, 2.75) is 18.9 Å². The minimum absolute atomic E-state index is 0.440. The Bertz CT molecular complexity index is 502. The number of nitrogen functional groups attached to an aromatic ring is 1. The molecule has 6 heteroatoms. The van der Waals surface area contributed by atoms with Crippen LogP contribution in [0.15, 0.2) is 11.1 Å². The van der Waals surface area contributed by atoms with Crippen LogP contribution in [0, 0.1) is 0 Å². The average molecular weight is 254 g/mol. The Morgan fingerprint density at radius 3 is 2.93 bits per heavy atom. The summed E-state index contributed by atoms with van der Waals surface area (Å²) < 4.78 is 2.87. The number of imidazole rings is 1. The van der Waals surface area contributed by atoms with Crippen LogP contribution in [0.4, 0.5) is 5.82 Å². The average Bonchev–Trinajstić information content (AvgIpc) is 2.91. The van der Waals surface area contributed by atoms with Crippen molar-refractivity contribution in [1.29, 1.82) is 0 Å². The lowest BCUT2D eigenvalue weighted by Gasteiger charge is -2.00. The van der Waals surface area contributed by atoms with E-state index in [-0.39, 0.29) is 0 Å². The Labute approximate surface area is 88.5 Å². The minimum atomic E-state index is 0.440. The van der Waals surface area contributed by atoms with Gasteiger partial charge in [0.05, 0.1) is 0 Å². The standard InChI is InChI=1S/C8H8BrN5/c9-8-13-5-6(10)11-3-12-7(5)14(8)4-1-2-4/h3-4H,1-2H2,(H2,10,11,12). The smallest absolute Gasteiger partial charge is 0.179 e. The van der Waals surface area contributed by atoms with Gasteiger partial charge in [0.25, 0.3) is 0 Å². The van der Waals surface area contributed by atoms with Crippen molar-refractivity contribution in [3.63, 3.8) is 0 Å². The van der Waals surface area contributed by atoms with Gasteiger partial charge in [0.1, 0.15) is 6.33 Å². The van der Waals surface area contributed by atoms with Gasteiger partial charge in [0.15, 0.2) is 21.7 Å². The number of hydrogen-bond donors (Lipinski definition) is 1. The maximum atomic E-state index is 5.71. The van der Waals surface area contributed by atoms with Gasteiger partial charge in [-0.2, -0.15) is 0 Å². The van der Waals surface area contributed by atoms with Crippen LogP contribution in [-0.2, 0) is 0 Å². The molecule has 0 aromatic carbocycles. The maximum Gasteiger partial charge on any atom is 0.179 e. The first-order chi connectivity index (χ1) is 6.77. The molecule has 2 N–H and O–H groups in total. The van der Waals surface area contributed by atoms with Crippen LogP contribution >= 0.6 is 15.9 Å². The Kier molecular flexibility index (Phi) is 1.55. The molecular formula is C8H8BrN5. The summed E-state index contributed by atoms with van der Waals surface area (Å²) in [4.78, 5) is 12.4. The van der Waals surface area contributed by atoms with Gasteiger partial charge in [-0.25, -0.2) is 15.0 Å². The molecule has 3 rings (SSSR count). The second-order valence-electron chi connectivity index (χ2n) is 3.41. The number of nitrogens with two attached hydrogens (primary N) is 1. The summed E-state index contributed by atoms with van der Waals surface area (Å²) in [6.45, 7) is 0. The monoisotopic (exact) mass is 253 g/mol. The first kappa shape index (κ1) is 8.16. The van der Waals surface area contributed by atoms with Crippen LogP contribution in [0.1, 0.15) is 18.9 Å². The molecule has 2 aromatic rings. The Hall–Kier alpha value is -1.17. The van der Waals surface area contributed by atoms with Gasteiger partial charge < -0.3 is 5.73 Å². The lowest BCUT2D eigenvalue weighted by atomic mass is 10.5. The fourth-order valence-corrected chi connectivity index (χ4v) is 2.19. The molecule has 2 aromatic heterocycles. The quantitative estimate of drug-likeness (QED) is 0.783. The van der Waals surface area contributed by atoms with E-state index in [0.717, 1.165) is 10.4 Å². The fourth-order valence-electron chi connectivity index (χ4n) is 1.56. The van der Waals surface area contributed by atoms with Crippen molar-refractivity contribution in [2.24, 2.45) is 0 Å². The summed E-state index contributed by atoms with van der Waals surface area (Å²) in [5.74, 6) is 0.440. The van der Waals surface area contributed by atoms with Crippen molar-refractivity contribution in [1.82, 2.24) is 19.5 Å². The third-order valence-corrected chi connectivity index (χ3v) is 2.93. The Morgan fingerprint density at radius 1 is 1.43 bits per heavy atom. The molecule has 0 atom stereocenters. The zero-order chi connectivity index (χ0) is 9.71. The van der Waals surface area contributed by atoms with Crippen molar-refractivity contribution < 1.29 is 0 Å². The number of fused-ring (bicyclic) bond motifs is 1. The molecule has 5 nitrogen and oxygen atoms in total. The van der Waals surface area contributed by atoms with E-state index in [1.807, 2.05) is 0 Å². The van der Waals surface area contributed by atoms with E-state index in [0.29, 0.717) is 17.4 Å². The second kappa shape index (κ2) is 2.66. The van der Waals surface area contributed by atoms with Crippen molar-refractivity contribution in [3.8, 4) is 0 Å².